The first-order chi connectivity index (χ1) is 8.68. The number of amides is 1. The fourth-order valence-electron chi connectivity index (χ4n) is 2.12. The smallest absolute Gasteiger partial charge is 0.256 e. The molecular formula is C13H10BrNO2S. The summed E-state index contributed by atoms with van der Waals surface area (Å²) >= 11 is 5.02. The van der Waals surface area contributed by atoms with Crippen molar-refractivity contribution in [3.05, 3.63) is 56.2 Å². The van der Waals surface area contributed by atoms with Gasteiger partial charge in [0.25, 0.3) is 5.91 Å². The minimum absolute atomic E-state index is 0.115. The second-order valence-corrected chi connectivity index (χ2v) is 6.35. The zero-order valence-electron chi connectivity index (χ0n) is 9.34. The second kappa shape index (κ2) is 4.50. The third-order valence-electron chi connectivity index (χ3n) is 3.06. The van der Waals surface area contributed by atoms with Gasteiger partial charge in [0.2, 0.25) is 0 Å². The molecule has 92 valence electrons. The predicted octanol–water partition coefficient (Wildman–Crippen LogP) is 3.16. The Labute approximate surface area is 117 Å². The first kappa shape index (κ1) is 11.9. The Balaban J connectivity index is 1.93. The topological polar surface area (TPSA) is 40.5 Å². The molecule has 3 rings (SSSR count). The van der Waals surface area contributed by atoms with Gasteiger partial charge >= 0.3 is 0 Å². The fourth-order valence-corrected chi connectivity index (χ4v) is 3.34. The summed E-state index contributed by atoms with van der Waals surface area (Å²) in [6.45, 7) is 0.415. The summed E-state index contributed by atoms with van der Waals surface area (Å²) in [5, 5.41) is 12.2. The van der Waals surface area contributed by atoms with Crippen LogP contribution in [0.1, 0.15) is 27.7 Å². The SMILES string of the molecule is O=C1c2ccccc2C(O)N1Cc1ccsc1Br. The van der Waals surface area contributed by atoms with E-state index in [0.717, 1.165) is 9.35 Å². The third kappa shape index (κ3) is 1.79. The highest BCUT2D eigenvalue weighted by atomic mass is 79.9. The normalized spacial score (nSPS) is 18.2. The number of halogens is 1. The van der Waals surface area contributed by atoms with Gasteiger partial charge in [-0.3, -0.25) is 4.79 Å². The molecule has 0 fully saturated rings. The highest BCUT2D eigenvalue weighted by Gasteiger charge is 2.35. The van der Waals surface area contributed by atoms with Gasteiger partial charge in [0.15, 0.2) is 6.23 Å². The molecule has 1 aliphatic rings. The number of aliphatic hydroxyl groups is 1. The minimum Gasteiger partial charge on any atom is -0.369 e. The summed E-state index contributed by atoms with van der Waals surface area (Å²) in [7, 11) is 0. The van der Waals surface area contributed by atoms with Gasteiger partial charge in [-0.15, -0.1) is 11.3 Å². The van der Waals surface area contributed by atoms with Gasteiger partial charge in [-0.05, 0) is 39.0 Å². The van der Waals surface area contributed by atoms with Crippen LogP contribution in [-0.4, -0.2) is 15.9 Å². The van der Waals surface area contributed by atoms with Gasteiger partial charge in [0.1, 0.15) is 0 Å². The van der Waals surface area contributed by atoms with Crippen LogP contribution in [0.2, 0.25) is 0 Å². The summed E-state index contributed by atoms with van der Waals surface area (Å²) in [6, 6.07) is 9.15. The van der Waals surface area contributed by atoms with Crippen LogP contribution in [0.4, 0.5) is 0 Å². The summed E-state index contributed by atoms with van der Waals surface area (Å²) in [6.07, 6.45) is -0.847. The molecule has 1 unspecified atom stereocenters. The maximum absolute atomic E-state index is 12.2. The number of rotatable bonds is 2. The molecule has 1 aromatic carbocycles. The molecule has 2 heterocycles. The number of aliphatic hydroxyl groups excluding tert-OH is 1. The Bertz CT molecular complexity index is 611. The minimum atomic E-state index is -0.847. The summed E-state index contributed by atoms with van der Waals surface area (Å²) < 4.78 is 0.999. The van der Waals surface area contributed by atoms with E-state index in [4.69, 9.17) is 0 Å². The zero-order valence-corrected chi connectivity index (χ0v) is 11.7. The second-order valence-electron chi connectivity index (χ2n) is 4.11. The molecule has 3 nitrogen and oxygen atoms in total. The van der Waals surface area contributed by atoms with Crippen molar-refractivity contribution in [3.63, 3.8) is 0 Å². The van der Waals surface area contributed by atoms with Crippen LogP contribution in [0.3, 0.4) is 0 Å². The third-order valence-corrected chi connectivity index (χ3v) is 4.87. The predicted molar refractivity (Wildman–Crippen MR) is 73.3 cm³/mol. The number of hydrogen-bond acceptors (Lipinski definition) is 3. The highest BCUT2D eigenvalue weighted by Crippen LogP contribution is 2.34. The maximum Gasteiger partial charge on any atom is 0.256 e. The van der Waals surface area contributed by atoms with E-state index < -0.39 is 6.23 Å². The van der Waals surface area contributed by atoms with Crippen LogP contribution in [0.5, 0.6) is 0 Å². The van der Waals surface area contributed by atoms with Gasteiger partial charge in [0.05, 0.1) is 10.3 Å². The van der Waals surface area contributed by atoms with Gasteiger partial charge < -0.3 is 10.0 Å². The number of carbonyl (C=O) groups is 1. The largest absolute Gasteiger partial charge is 0.369 e. The van der Waals surface area contributed by atoms with E-state index >= 15 is 0 Å². The van der Waals surface area contributed by atoms with Crippen LogP contribution in [0.15, 0.2) is 39.5 Å². The van der Waals surface area contributed by atoms with Crippen LogP contribution in [0, 0.1) is 0 Å². The Hall–Kier alpha value is -1.17. The highest BCUT2D eigenvalue weighted by molar-refractivity contribution is 9.11. The molecule has 0 saturated heterocycles. The molecule has 1 amide bonds. The van der Waals surface area contributed by atoms with Gasteiger partial charge in [-0.1, -0.05) is 18.2 Å². The number of thiophene rings is 1. The Kier molecular flexibility index (Phi) is 2.97. The average molecular weight is 324 g/mol. The lowest BCUT2D eigenvalue weighted by molar-refractivity contribution is 0.0137. The Morgan fingerprint density at radius 1 is 1.33 bits per heavy atom. The lowest BCUT2D eigenvalue weighted by Gasteiger charge is -2.20. The zero-order chi connectivity index (χ0) is 12.7. The van der Waals surface area contributed by atoms with E-state index in [9.17, 15) is 9.90 Å². The van der Waals surface area contributed by atoms with Crippen molar-refractivity contribution < 1.29 is 9.90 Å². The van der Waals surface area contributed by atoms with E-state index in [-0.39, 0.29) is 5.91 Å². The molecule has 1 N–H and O–H groups in total. The van der Waals surface area contributed by atoms with Gasteiger partial charge in [0, 0.05) is 11.1 Å². The summed E-state index contributed by atoms with van der Waals surface area (Å²) in [5.41, 5.74) is 2.30. The molecule has 0 radical (unpaired) electrons. The van der Waals surface area contributed by atoms with Gasteiger partial charge in [-0.2, -0.15) is 0 Å². The standard InChI is InChI=1S/C13H10BrNO2S/c14-11-8(5-6-18-11)7-15-12(16)9-3-1-2-4-10(9)13(15)17/h1-6,12,16H,7H2. The van der Waals surface area contributed by atoms with Crippen molar-refractivity contribution in [3.8, 4) is 0 Å². The lowest BCUT2D eigenvalue weighted by Crippen LogP contribution is -2.27. The average Bonchev–Trinajstić information content (AvgIpc) is 2.89. The molecule has 5 heteroatoms. The van der Waals surface area contributed by atoms with Crippen LogP contribution >= 0.6 is 27.3 Å². The maximum atomic E-state index is 12.2. The quantitative estimate of drug-likeness (QED) is 0.922. The van der Waals surface area contributed by atoms with Gasteiger partial charge in [-0.25, -0.2) is 0 Å². The fraction of sp³-hybridized carbons (Fsp3) is 0.154. The van der Waals surface area contributed by atoms with E-state index in [1.54, 1.807) is 23.5 Å². The molecule has 1 aromatic heterocycles. The van der Waals surface area contributed by atoms with E-state index in [2.05, 4.69) is 15.9 Å². The van der Waals surface area contributed by atoms with Crippen molar-refractivity contribution in [2.24, 2.45) is 0 Å². The molecule has 0 aliphatic carbocycles. The number of fused-ring (bicyclic) bond motifs is 1. The summed E-state index contributed by atoms with van der Waals surface area (Å²) in [5.74, 6) is -0.115. The molecule has 18 heavy (non-hydrogen) atoms. The number of hydrogen-bond donors (Lipinski definition) is 1. The molecule has 0 spiro atoms. The molecule has 0 saturated carbocycles. The van der Waals surface area contributed by atoms with E-state index in [1.807, 2.05) is 23.6 Å². The van der Waals surface area contributed by atoms with Crippen LogP contribution < -0.4 is 0 Å². The van der Waals surface area contributed by atoms with E-state index in [0.29, 0.717) is 17.7 Å². The molecule has 1 atom stereocenters. The first-order valence-corrected chi connectivity index (χ1v) is 7.15. The Morgan fingerprint density at radius 3 is 2.78 bits per heavy atom. The number of nitrogens with zero attached hydrogens (tertiary/aromatic N) is 1. The van der Waals surface area contributed by atoms with Crippen LogP contribution in [-0.2, 0) is 6.54 Å². The van der Waals surface area contributed by atoms with Crippen molar-refractivity contribution in [2.45, 2.75) is 12.8 Å². The number of carbonyl (C=O) groups excluding carboxylic acids is 1. The summed E-state index contributed by atoms with van der Waals surface area (Å²) in [4.78, 5) is 13.7. The first-order valence-electron chi connectivity index (χ1n) is 5.48. The van der Waals surface area contributed by atoms with Crippen molar-refractivity contribution >= 4 is 33.2 Å². The van der Waals surface area contributed by atoms with E-state index in [1.165, 1.54) is 4.90 Å². The lowest BCUT2D eigenvalue weighted by atomic mass is 10.1. The Morgan fingerprint density at radius 2 is 2.11 bits per heavy atom. The van der Waals surface area contributed by atoms with Crippen molar-refractivity contribution in [1.29, 1.82) is 0 Å². The molecule has 1 aliphatic heterocycles. The molecule has 0 bridgehead atoms. The van der Waals surface area contributed by atoms with Crippen molar-refractivity contribution in [1.82, 2.24) is 4.90 Å². The molecule has 2 aromatic rings. The number of benzene rings is 1. The monoisotopic (exact) mass is 323 g/mol. The van der Waals surface area contributed by atoms with Crippen molar-refractivity contribution in [2.75, 3.05) is 0 Å². The van der Waals surface area contributed by atoms with Crippen LogP contribution in [0.25, 0.3) is 0 Å². The molecular weight excluding hydrogens is 314 g/mol.